The van der Waals surface area contributed by atoms with Crippen molar-refractivity contribution in [1.82, 2.24) is 10.2 Å². The monoisotopic (exact) mass is 305 g/mol. The summed E-state index contributed by atoms with van der Waals surface area (Å²) in [6.07, 6.45) is 5.58. The quantitative estimate of drug-likeness (QED) is 0.696. The molecule has 1 aliphatic heterocycles. The zero-order valence-corrected chi connectivity index (χ0v) is 13.2. The molecule has 2 amide bonds. The van der Waals surface area contributed by atoms with Gasteiger partial charge in [0.25, 0.3) is 0 Å². The molecule has 3 N–H and O–H groups in total. The predicted molar refractivity (Wildman–Crippen MR) is 82.8 cm³/mol. The number of carbonyl (C=O) groups is 2. The normalized spacial score (nSPS) is 18.3. The number of nitrogens with one attached hydrogen (secondary N) is 1. The van der Waals surface area contributed by atoms with Gasteiger partial charge in [0, 0.05) is 32.6 Å². The molecule has 20 heavy (non-hydrogen) atoms. The van der Waals surface area contributed by atoms with Crippen LogP contribution in [-0.4, -0.2) is 42.9 Å². The molecule has 1 saturated heterocycles. The topological polar surface area (TPSA) is 75.4 Å². The molecule has 1 aliphatic rings. The second-order valence-corrected chi connectivity index (χ2v) is 5.22. The first-order valence-electron chi connectivity index (χ1n) is 7.44. The van der Waals surface area contributed by atoms with Gasteiger partial charge in [-0.3, -0.25) is 9.59 Å². The number of amides is 2. The Morgan fingerprint density at radius 3 is 2.75 bits per heavy atom. The van der Waals surface area contributed by atoms with Crippen molar-refractivity contribution < 1.29 is 9.59 Å². The molecule has 0 radical (unpaired) electrons. The zero-order valence-electron chi connectivity index (χ0n) is 12.4. The number of carbonyl (C=O) groups excluding carboxylic acids is 2. The molecule has 0 bridgehead atoms. The van der Waals surface area contributed by atoms with Crippen molar-refractivity contribution in [3.63, 3.8) is 0 Å². The third-order valence-electron chi connectivity index (χ3n) is 3.58. The van der Waals surface area contributed by atoms with Gasteiger partial charge in [-0.05, 0) is 19.3 Å². The van der Waals surface area contributed by atoms with Crippen molar-refractivity contribution in [2.75, 3.05) is 26.2 Å². The van der Waals surface area contributed by atoms with Crippen LogP contribution in [0.4, 0.5) is 0 Å². The summed E-state index contributed by atoms with van der Waals surface area (Å²) < 4.78 is 0. The van der Waals surface area contributed by atoms with Gasteiger partial charge in [0.2, 0.25) is 11.8 Å². The average Bonchev–Trinajstić information content (AvgIpc) is 2.45. The van der Waals surface area contributed by atoms with Gasteiger partial charge in [0.05, 0.1) is 5.92 Å². The Bertz CT molecular complexity index is 300. The van der Waals surface area contributed by atoms with E-state index < -0.39 is 0 Å². The third kappa shape index (κ3) is 6.57. The molecule has 0 aromatic carbocycles. The first-order chi connectivity index (χ1) is 9.19. The molecule has 1 fully saturated rings. The van der Waals surface area contributed by atoms with E-state index in [0.29, 0.717) is 26.1 Å². The molecule has 0 saturated carbocycles. The molecule has 6 heteroatoms. The Morgan fingerprint density at radius 2 is 2.10 bits per heavy atom. The Labute approximate surface area is 128 Å². The lowest BCUT2D eigenvalue weighted by Crippen LogP contribution is -2.46. The lowest BCUT2D eigenvalue weighted by molar-refractivity contribution is -0.135. The average molecular weight is 306 g/mol. The Morgan fingerprint density at radius 1 is 1.35 bits per heavy atom. The summed E-state index contributed by atoms with van der Waals surface area (Å²) in [4.78, 5) is 25.8. The second kappa shape index (κ2) is 10.9. The van der Waals surface area contributed by atoms with E-state index in [2.05, 4.69) is 12.2 Å². The standard InChI is InChI=1S/C14H27N3O2.ClH/c1-2-3-4-7-13(18)17-10-5-6-12(11-17)14(19)16-9-8-15;/h12H,2-11,15H2,1H3,(H,16,19);1H. The van der Waals surface area contributed by atoms with Crippen LogP contribution >= 0.6 is 12.4 Å². The van der Waals surface area contributed by atoms with Crippen LogP contribution in [0, 0.1) is 5.92 Å². The molecule has 0 aliphatic carbocycles. The van der Waals surface area contributed by atoms with Crippen molar-refractivity contribution >= 4 is 24.2 Å². The molecule has 0 aromatic heterocycles. The fraction of sp³-hybridized carbons (Fsp3) is 0.857. The van der Waals surface area contributed by atoms with E-state index in [9.17, 15) is 9.59 Å². The molecule has 0 aromatic rings. The van der Waals surface area contributed by atoms with E-state index in [1.807, 2.05) is 4.90 Å². The Kier molecular flexibility index (Phi) is 10.5. The molecular formula is C14H28ClN3O2. The summed E-state index contributed by atoms with van der Waals surface area (Å²) >= 11 is 0. The van der Waals surface area contributed by atoms with Crippen molar-refractivity contribution in [3.8, 4) is 0 Å². The van der Waals surface area contributed by atoms with Crippen LogP contribution in [0.2, 0.25) is 0 Å². The summed E-state index contributed by atoms with van der Waals surface area (Å²) in [5.74, 6) is 0.178. The number of halogens is 1. The maximum atomic E-state index is 12.0. The van der Waals surface area contributed by atoms with Gasteiger partial charge in [0.1, 0.15) is 0 Å². The van der Waals surface area contributed by atoms with Crippen molar-refractivity contribution in [2.24, 2.45) is 11.7 Å². The number of likely N-dealkylation sites (tertiary alicyclic amines) is 1. The summed E-state index contributed by atoms with van der Waals surface area (Å²) in [6.45, 7) is 4.47. The van der Waals surface area contributed by atoms with E-state index >= 15 is 0 Å². The highest BCUT2D eigenvalue weighted by Gasteiger charge is 2.27. The molecule has 118 valence electrons. The van der Waals surface area contributed by atoms with Crippen molar-refractivity contribution in [1.29, 1.82) is 0 Å². The lowest BCUT2D eigenvalue weighted by atomic mass is 9.96. The molecule has 5 nitrogen and oxygen atoms in total. The zero-order chi connectivity index (χ0) is 14.1. The summed E-state index contributed by atoms with van der Waals surface area (Å²) in [7, 11) is 0. The van der Waals surface area contributed by atoms with Crippen molar-refractivity contribution in [2.45, 2.75) is 45.4 Å². The van der Waals surface area contributed by atoms with Gasteiger partial charge in [-0.1, -0.05) is 19.8 Å². The van der Waals surface area contributed by atoms with E-state index in [4.69, 9.17) is 5.73 Å². The predicted octanol–water partition coefficient (Wildman–Crippen LogP) is 1.30. The van der Waals surface area contributed by atoms with Gasteiger partial charge in [-0.25, -0.2) is 0 Å². The number of hydrogen-bond acceptors (Lipinski definition) is 3. The second-order valence-electron chi connectivity index (χ2n) is 5.22. The first-order valence-corrected chi connectivity index (χ1v) is 7.44. The third-order valence-corrected chi connectivity index (χ3v) is 3.58. The maximum absolute atomic E-state index is 12.0. The minimum Gasteiger partial charge on any atom is -0.355 e. The maximum Gasteiger partial charge on any atom is 0.224 e. The largest absolute Gasteiger partial charge is 0.355 e. The van der Waals surface area contributed by atoms with Gasteiger partial charge in [-0.15, -0.1) is 12.4 Å². The molecule has 1 rings (SSSR count). The summed E-state index contributed by atoms with van der Waals surface area (Å²) in [6, 6.07) is 0. The number of unbranched alkanes of at least 4 members (excludes halogenated alkanes) is 2. The first kappa shape index (κ1) is 19.2. The highest BCUT2D eigenvalue weighted by Crippen LogP contribution is 2.18. The van der Waals surface area contributed by atoms with Crippen molar-refractivity contribution in [3.05, 3.63) is 0 Å². The molecule has 1 unspecified atom stereocenters. The number of nitrogens with zero attached hydrogens (tertiary/aromatic N) is 1. The molecule has 1 atom stereocenters. The summed E-state index contributed by atoms with van der Waals surface area (Å²) in [5, 5.41) is 2.81. The molecular weight excluding hydrogens is 278 g/mol. The van der Waals surface area contributed by atoms with Crippen LogP contribution in [0.15, 0.2) is 0 Å². The minimum atomic E-state index is -0.0598. The van der Waals surface area contributed by atoms with Gasteiger partial charge >= 0.3 is 0 Å². The van der Waals surface area contributed by atoms with E-state index in [0.717, 1.165) is 38.6 Å². The Balaban J connectivity index is 0.00000361. The van der Waals surface area contributed by atoms with Crippen LogP contribution in [-0.2, 0) is 9.59 Å². The highest BCUT2D eigenvalue weighted by atomic mass is 35.5. The SMILES string of the molecule is CCCCCC(=O)N1CCCC(C(=O)NCCN)C1.Cl. The Hall–Kier alpha value is -0.810. The van der Waals surface area contributed by atoms with Crippen LogP contribution in [0.1, 0.15) is 45.4 Å². The number of nitrogens with two attached hydrogens (primary N) is 1. The number of rotatable bonds is 7. The minimum absolute atomic E-state index is 0. The lowest BCUT2D eigenvalue weighted by Gasteiger charge is -2.32. The summed E-state index contributed by atoms with van der Waals surface area (Å²) in [5.41, 5.74) is 5.37. The molecule has 0 spiro atoms. The van der Waals surface area contributed by atoms with Crippen LogP contribution in [0.3, 0.4) is 0 Å². The van der Waals surface area contributed by atoms with Crippen LogP contribution in [0.25, 0.3) is 0 Å². The smallest absolute Gasteiger partial charge is 0.224 e. The van der Waals surface area contributed by atoms with Crippen LogP contribution < -0.4 is 11.1 Å². The van der Waals surface area contributed by atoms with E-state index in [1.54, 1.807) is 0 Å². The highest BCUT2D eigenvalue weighted by molar-refractivity contribution is 5.85. The van der Waals surface area contributed by atoms with Gasteiger partial charge < -0.3 is 16.0 Å². The fourth-order valence-corrected chi connectivity index (χ4v) is 2.44. The van der Waals surface area contributed by atoms with Gasteiger partial charge in [-0.2, -0.15) is 0 Å². The van der Waals surface area contributed by atoms with E-state index in [-0.39, 0.29) is 30.1 Å². The van der Waals surface area contributed by atoms with E-state index in [1.165, 1.54) is 0 Å². The number of hydrogen-bond donors (Lipinski definition) is 2. The fourth-order valence-electron chi connectivity index (χ4n) is 2.44. The van der Waals surface area contributed by atoms with Gasteiger partial charge in [0.15, 0.2) is 0 Å². The van der Waals surface area contributed by atoms with Crippen LogP contribution in [0.5, 0.6) is 0 Å². The number of piperidine rings is 1. The molecule has 1 heterocycles.